The van der Waals surface area contributed by atoms with E-state index in [1.165, 1.54) is 24.0 Å². The summed E-state index contributed by atoms with van der Waals surface area (Å²) < 4.78 is 33.1. The Kier molecular flexibility index (Phi) is 5.21. The quantitative estimate of drug-likeness (QED) is 0.818. The molecule has 0 heterocycles. The van der Waals surface area contributed by atoms with Gasteiger partial charge in [0.25, 0.3) is 0 Å². The third-order valence-corrected chi connectivity index (χ3v) is 6.01. The Labute approximate surface area is 143 Å². The molecule has 0 saturated carbocycles. The summed E-state index contributed by atoms with van der Waals surface area (Å²) in [6, 6.07) is 13.1. The van der Waals surface area contributed by atoms with E-state index in [2.05, 4.69) is 10.8 Å². The number of fused-ring (bicyclic) bond motifs is 1. The first-order valence-electron chi connectivity index (χ1n) is 8.37. The minimum Gasteiger partial charge on any atom is -0.492 e. The van der Waals surface area contributed by atoms with Crippen LogP contribution in [-0.4, -0.2) is 21.6 Å². The molecule has 2 aromatic rings. The minimum atomic E-state index is -3.49. The van der Waals surface area contributed by atoms with Crippen molar-refractivity contribution in [2.24, 2.45) is 0 Å². The monoisotopic (exact) mass is 345 g/mol. The van der Waals surface area contributed by atoms with Crippen LogP contribution in [0, 0.1) is 6.92 Å². The fourth-order valence-electron chi connectivity index (χ4n) is 3.15. The largest absolute Gasteiger partial charge is 0.492 e. The SMILES string of the molecule is Cc1ccccc1S(=O)(=O)NCCOc1cccc2c1CCCC2. The van der Waals surface area contributed by atoms with Gasteiger partial charge in [-0.3, -0.25) is 0 Å². The highest BCUT2D eigenvalue weighted by Crippen LogP contribution is 2.29. The van der Waals surface area contributed by atoms with Gasteiger partial charge >= 0.3 is 0 Å². The molecule has 0 radical (unpaired) electrons. The Morgan fingerprint density at radius 1 is 1.04 bits per heavy atom. The Morgan fingerprint density at radius 2 is 1.83 bits per heavy atom. The van der Waals surface area contributed by atoms with Crippen LogP contribution in [0.1, 0.15) is 29.5 Å². The Morgan fingerprint density at radius 3 is 2.67 bits per heavy atom. The summed E-state index contributed by atoms with van der Waals surface area (Å²) in [5.41, 5.74) is 3.38. The van der Waals surface area contributed by atoms with E-state index in [1.54, 1.807) is 25.1 Å². The molecule has 0 unspecified atom stereocenters. The Balaban J connectivity index is 1.59. The van der Waals surface area contributed by atoms with Crippen LogP contribution in [0.3, 0.4) is 0 Å². The molecular weight excluding hydrogens is 322 g/mol. The molecule has 0 spiro atoms. The zero-order valence-electron chi connectivity index (χ0n) is 13.9. The summed E-state index contributed by atoms with van der Waals surface area (Å²) in [7, 11) is -3.49. The highest BCUT2D eigenvalue weighted by molar-refractivity contribution is 7.89. The van der Waals surface area contributed by atoms with Gasteiger partial charge in [0.15, 0.2) is 0 Å². The van der Waals surface area contributed by atoms with Crippen LogP contribution >= 0.6 is 0 Å². The van der Waals surface area contributed by atoms with Gasteiger partial charge in [0.1, 0.15) is 12.4 Å². The summed E-state index contributed by atoms with van der Waals surface area (Å²) in [5, 5.41) is 0. The molecule has 3 rings (SSSR count). The smallest absolute Gasteiger partial charge is 0.240 e. The summed E-state index contributed by atoms with van der Waals surface area (Å²) in [5.74, 6) is 0.891. The van der Waals surface area contributed by atoms with Crippen LogP contribution in [0.15, 0.2) is 47.4 Å². The van der Waals surface area contributed by atoms with Crippen LogP contribution < -0.4 is 9.46 Å². The van der Waals surface area contributed by atoms with Gasteiger partial charge in [0.2, 0.25) is 10.0 Å². The second kappa shape index (κ2) is 7.36. The third kappa shape index (κ3) is 3.79. The zero-order chi connectivity index (χ0) is 17.0. The van der Waals surface area contributed by atoms with Crippen LogP contribution in [0.5, 0.6) is 5.75 Å². The Hall–Kier alpha value is -1.85. The molecule has 128 valence electrons. The molecule has 0 bridgehead atoms. The second-order valence-corrected chi connectivity index (χ2v) is 7.85. The molecule has 0 fully saturated rings. The van der Waals surface area contributed by atoms with Crippen LogP contribution in [-0.2, 0) is 22.9 Å². The molecule has 0 aromatic heterocycles. The van der Waals surface area contributed by atoms with Gasteiger partial charge in [-0.05, 0) is 61.4 Å². The fourth-order valence-corrected chi connectivity index (χ4v) is 4.41. The number of sulfonamides is 1. The molecule has 0 amide bonds. The first kappa shape index (κ1) is 17.0. The second-order valence-electron chi connectivity index (χ2n) is 6.11. The molecule has 0 aliphatic heterocycles. The number of aryl methyl sites for hydroxylation is 2. The molecule has 0 atom stereocenters. The lowest BCUT2D eigenvalue weighted by molar-refractivity contribution is 0.318. The lowest BCUT2D eigenvalue weighted by Crippen LogP contribution is -2.29. The van der Waals surface area contributed by atoms with E-state index in [0.29, 0.717) is 11.5 Å². The summed E-state index contributed by atoms with van der Waals surface area (Å²) in [6.45, 7) is 2.36. The maximum absolute atomic E-state index is 12.3. The minimum absolute atomic E-state index is 0.250. The van der Waals surface area contributed by atoms with Crippen molar-refractivity contribution in [3.05, 3.63) is 59.2 Å². The number of rotatable bonds is 6. The normalized spacial score (nSPS) is 14.2. The van der Waals surface area contributed by atoms with Crippen molar-refractivity contribution in [3.63, 3.8) is 0 Å². The summed E-state index contributed by atoms with van der Waals surface area (Å²) in [4.78, 5) is 0.321. The number of benzene rings is 2. The van der Waals surface area contributed by atoms with E-state index in [1.807, 2.05) is 18.2 Å². The first-order valence-corrected chi connectivity index (χ1v) is 9.85. The van der Waals surface area contributed by atoms with Crippen molar-refractivity contribution in [2.75, 3.05) is 13.2 Å². The van der Waals surface area contributed by atoms with Gasteiger partial charge in [-0.2, -0.15) is 0 Å². The van der Waals surface area contributed by atoms with Crippen molar-refractivity contribution in [3.8, 4) is 5.75 Å². The van der Waals surface area contributed by atoms with Gasteiger partial charge in [-0.25, -0.2) is 13.1 Å². The van der Waals surface area contributed by atoms with Gasteiger partial charge in [0.05, 0.1) is 4.90 Å². The van der Waals surface area contributed by atoms with Gasteiger partial charge in [0, 0.05) is 6.54 Å². The standard InChI is InChI=1S/C19H23NO3S/c1-15-7-2-5-12-19(15)24(21,22)20-13-14-23-18-11-6-9-16-8-3-4-10-17(16)18/h2,5-7,9,11-12,20H,3-4,8,10,13-14H2,1H3. The van der Waals surface area contributed by atoms with E-state index in [9.17, 15) is 8.42 Å². The molecule has 1 N–H and O–H groups in total. The average molecular weight is 345 g/mol. The van der Waals surface area contributed by atoms with Crippen LogP contribution in [0.25, 0.3) is 0 Å². The maximum atomic E-state index is 12.3. The van der Waals surface area contributed by atoms with E-state index < -0.39 is 10.0 Å². The summed E-state index contributed by atoms with van der Waals surface area (Å²) in [6.07, 6.45) is 4.56. The molecule has 0 saturated heterocycles. The maximum Gasteiger partial charge on any atom is 0.240 e. The van der Waals surface area contributed by atoms with Crippen LogP contribution in [0.2, 0.25) is 0 Å². The molecule has 1 aliphatic rings. The lowest BCUT2D eigenvalue weighted by Gasteiger charge is -2.19. The lowest BCUT2D eigenvalue weighted by atomic mass is 9.91. The van der Waals surface area contributed by atoms with Crippen molar-refractivity contribution in [2.45, 2.75) is 37.5 Å². The fraction of sp³-hybridized carbons (Fsp3) is 0.368. The van der Waals surface area contributed by atoms with Gasteiger partial charge in [-0.15, -0.1) is 0 Å². The third-order valence-electron chi connectivity index (χ3n) is 4.39. The predicted molar refractivity (Wildman–Crippen MR) is 94.9 cm³/mol. The highest BCUT2D eigenvalue weighted by atomic mass is 32.2. The topological polar surface area (TPSA) is 55.4 Å². The molecule has 2 aromatic carbocycles. The van der Waals surface area contributed by atoms with Crippen molar-refractivity contribution >= 4 is 10.0 Å². The van der Waals surface area contributed by atoms with Crippen molar-refractivity contribution in [1.29, 1.82) is 0 Å². The van der Waals surface area contributed by atoms with Gasteiger partial charge < -0.3 is 4.74 Å². The predicted octanol–water partition coefficient (Wildman–Crippen LogP) is 3.23. The van der Waals surface area contributed by atoms with Crippen molar-refractivity contribution < 1.29 is 13.2 Å². The molecule has 1 aliphatic carbocycles. The number of nitrogens with one attached hydrogen (secondary N) is 1. The molecule has 4 nitrogen and oxygen atoms in total. The Bertz CT molecular complexity index is 815. The van der Waals surface area contributed by atoms with E-state index in [-0.39, 0.29) is 6.54 Å². The zero-order valence-corrected chi connectivity index (χ0v) is 14.7. The van der Waals surface area contributed by atoms with Crippen molar-refractivity contribution in [1.82, 2.24) is 4.72 Å². The molecular formula is C19H23NO3S. The highest BCUT2D eigenvalue weighted by Gasteiger charge is 2.16. The molecule has 5 heteroatoms. The molecule has 24 heavy (non-hydrogen) atoms. The number of hydrogen-bond donors (Lipinski definition) is 1. The first-order chi connectivity index (χ1) is 11.6. The van der Waals surface area contributed by atoms with E-state index in [0.717, 1.165) is 24.2 Å². The van der Waals surface area contributed by atoms with E-state index in [4.69, 9.17) is 4.74 Å². The number of hydrogen-bond acceptors (Lipinski definition) is 3. The number of ether oxygens (including phenoxy) is 1. The average Bonchev–Trinajstić information content (AvgIpc) is 2.59. The van der Waals surface area contributed by atoms with Crippen LogP contribution in [0.4, 0.5) is 0 Å². The van der Waals surface area contributed by atoms with E-state index >= 15 is 0 Å². The van der Waals surface area contributed by atoms with Gasteiger partial charge in [-0.1, -0.05) is 30.3 Å². The summed E-state index contributed by atoms with van der Waals surface area (Å²) >= 11 is 0.